The summed E-state index contributed by atoms with van der Waals surface area (Å²) in [6, 6.07) is 0. The van der Waals surface area contributed by atoms with Crippen LogP contribution in [0.2, 0.25) is 0 Å². The van der Waals surface area contributed by atoms with Crippen LogP contribution in [-0.4, -0.2) is 15.1 Å². The van der Waals surface area contributed by atoms with Crippen molar-refractivity contribution >= 4 is 0 Å². The first-order valence-corrected chi connectivity index (χ1v) is 3.09. The van der Waals surface area contributed by atoms with Crippen LogP contribution in [0, 0.1) is 0 Å². The monoisotopic (exact) mass is 168 g/mol. The summed E-state index contributed by atoms with van der Waals surface area (Å²) in [5.41, 5.74) is 0. The summed E-state index contributed by atoms with van der Waals surface area (Å²) in [6.45, 7) is 0. The Balaban J connectivity index is 2.61. The number of aromatic amines is 1. The zero-order chi connectivity index (χ0) is 8.55. The minimum Gasteiger partial charge on any atom is -0.492 e. The highest BCUT2D eigenvalue weighted by Gasteiger charge is 2.14. The maximum atomic E-state index is 10.6. The van der Waals surface area contributed by atoms with Crippen LogP contribution in [0.5, 0.6) is 5.88 Å². The third kappa shape index (κ3) is 0.895. The fraction of sp³-hybridized carbons (Fsp3) is 0. The highest BCUT2D eigenvalue weighted by atomic mass is 16.4. The van der Waals surface area contributed by atoms with Gasteiger partial charge in [0.05, 0.1) is 6.20 Å². The normalized spacial score (nSPS) is 10.3. The molecule has 0 amide bonds. The van der Waals surface area contributed by atoms with Gasteiger partial charge < -0.3 is 13.9 Å². The molecule has 2 aromatic rings. The molecule has 0 aromatic carbocycles. The van der Waals surface area contributed by atoms with E-state index >= 15 is 0 Å². The van der Waals surface area contributed by atoms with E-state index in [4.69, 9.17) is 9.52 Å². The zero-order valence-electron chi connectivity index (χ0n) is 5.77. The van der Waals surface area contributed by atoms with Crippen LogP contribution in [0.15, 0.2) is 26.1 Å². The molecular weight excluding hydrogens is 164 g/mol. The lowest BCUT2D eigenvalue weighted by atomic mass is 10.5. The molecule has 2 rings (SSSR count). The molecule has 0 fully saturated rings. The Hall–Kier alpha value is -1.98. The van der Waals surface area contributed by atoms with Crippen molar-refractivity contribution in [1.29, 1.82) is 0 Å². The fourth-order valence-electron chi connectivity index (χ4n) is 0.801. The highest BCUT2D eigenvalue weighted by Crippen LogP contribution is 2.23. The Morgan fingerprint density at radius 1 is 1.58 bits per heavy atom. The molecule has 0 aliphatic rings. The van der Waals surface area contributed by atoms with Crippen LogP contribution in [0.25, 0.3) is 11.7 Å². The number of aromatic nitrogens is 2. The molecule has 2 heterocycles. The summed E-state index contributed by atoms with van der Waals surface area (Å²) in [7, 11) is 0. The predicted octanol–water partition coefficient (Wildman–Crippen LogP) is 0.328. The molecule has 6 heteroatoms. The molecule has 0 aliphatic heterocycles. The number of oxazole rings is 2. The molecule has 0 spiro atoms. The van der Waals surface area contributed by atoms with Crippen LogP contribution in [0.1, 0.15) is 0 Å². The third-order valence-corrected chi connectivity index (χ3v) is 1.26. The van der Waals surface area contributed by atoms with Gasteiger partial charge in [-0.3, -0.25) is 4.98 Å². The van der Waals surface area contributed by atoms with Crippen molar-refractivity contribution < 1.29 is 13.9 Å². The first-order chi connectivity index (χ1) is 5.77. The second-order valence-corrected chi connectivity index (χ2v) is 2.03. The van der Waals surface area contributed by atoms with Gasteiger partial charge in [-0.15, -0.1) is 0 Å². The van der Waals surface area contributed by atoms with Gasteiger partial charge in [0.2, 0.25) is 5.88 Å². The standard InChI is InChI=1S/C6H4N2O4/c9-4-3(12-6(10)8-4)5-7-1-2-11-5/h1-2,9H,(H,8,10). The Kier molecular flexibility index (Phi) is 1.26. The minimum absolute atomic E-state index is 0.0610. The Morgan fingerprint density at radius 2 is 2.42 bits per heavy atom. The van der Waals surface area contributed by atoms with Crippen molar-refractivity contribution in [2.75, 3.05) is 0 Å². The predicted molar refractivity (Wildman–Crippen MR) is 36.5 cm³/mol. The minimum atomic E-state index is -0.749. The zero-order valence-corrected chi connectivity index (χ0v) is 5.77. The number of H-pyrrole nitrogens is 1. The van der Waals surface area contributed by atoms with E-state index in [0.29, 0.717) is 0 Å². The summed E-state index contributed by atoms with van der Waals surface area (Å²) in [6.07, 6.45) is 2.68. The largest absolute Gasteiger partial charge is 0.492 e. The molecule has 0 saturated heterocycles. The summed E-state index contributed by atoms with van der Waals surface area (Å²) >= 11 is 0. The molecule has 6 nitrogen and oxygen atoms in total. The van der Waals surface area contributed by atoms with Gasteiger partial charge in [0, 0.05) is 0 Å². The van der Waals surface area contributed by atoms with E-state index in [9.17, 15) is 4.79 Å². The van der Waals surface area contributed by atoms with Gasteiger partial charge in [0.1, 0.15) is 6.26 Å². The molecule has 0 aliphatic carbocycles. The fourth-order valence-corrected chi connectivity index (χ4v) is 0.801. The van der Waals surface area contributed by atoms with Gasteiger partial charge in [0.25, 0.3) is 11.7 Å². The SMILES string of the molecule is O=c1[nH]c(O)c(-c2ncco2)o1. The van der Waals surface area contributed by atoms with E-state index in [1.807, 2.05) is 4.98 Å². The number of nitrogens with one attached hydrogen (secondary N) is 1. The number of rotatable bonds is 1. The second-order valence-electron chi connectivity index (χ2n) is 2.03. The summed E-state index contributed by atoms with van der Waals surface area (Å²) in [5.74, 6) is -1.17. The van der Waals surface area contributed by atoms with Crippen LogP contribution in [-0.2, 0) is 0 Å². The van der Waals surface area contributed by atoms with Gasteiger partial charge in [-0.05, 0) is 0 Å². The van der Waals surface area contributed by atoms with Gasteiger partial charge in [-0.2, -0.15) is 0 Å². The van der Waals surface area contributed by atoms with Crippen LogP contribution >= 0.6 is 0 Å². The van der Waals surface area contributed by atoms with E-state index in [-0.39, 0.29) is 17.5 Å². The van der Waals surface area contributed by atoms with Crippen LogP contribution in [0.3, 0.4) is 0 Å². The van der Waals surface area contributed by atoms with Crippen LogP contribution < -0.4 is 5.76 Å². The summed E-state index contributed by atoms with van der Waals surface area (Å²) < 4.78 is 9.33. The van der Waals surface area contributed by atoms with Crippen molar-refractivity contribution in [3.05, 3.63) is 23.0 Å². The third-order valence-electron chi connectivity index (χ3n) is 1.26. The molecular formula is C6H4N2O4. The molecule has 2 aromatic heterocycles. The average Bonchev–Trinajstić information content (AvgIpc) is 2.58. The van der Waals surface area contributed by atoms with Gasteiger partial charge in [-0.1, -0.05) is 0 Å². The molecule has 2 N–H and O–H groups in total. The second kappa shape index (κ2) is 2.26. The summed E-state index contributed by atoms with van der Waals surface area (Å²) in [4.78, 5) is 16.3. The maximum Gasteiger partial charge on any atom is 0.419 e. The van der Waals surface area contributed by atoms with E-state index in [1.165, 1.54) is 12.5 Å². The summed E-state index contributed by atoms with van der Waals surface area (Å²) in [5, 5.41) is 9.05. The van der Waals surface area contributed by atoms with Crippen molar-refractivity contribution in [2.45, 2.75) is 0 Å². The Labute approximate surface area is 65.5 Å². The Bertz CT molecular complexity index is 425. The van der Waals surface area contributed by atoms with E-state index < -0.39 is 5.76 Å². The van der Waals surface area contributed by atoms with Gasteiger partial charge >= 0.3 is 5.76 Å². The lowest BCUT2D eigenvalue weighted by Crippen LogP contribution is -1.92. The quantitative estimate of drug-likeness (QED) is 0.639. The van der Waals surface area contributed by atoms with Crippen molar-refractivity contribution in [3.63, 3.8) is 0 Å². The lowest BCUT2D eigenvalue weighted by Gasteiger charge is -1.85. The van der Waals surface area contributed by atoms with Gasteiger partial charge in [0.15, 0.2) is 0 Å². The van der Waals surface area contributed by atoms with Crippen LogP contribution in [0.4, 0.5) is 0 Å². The number of hydrogen-bond donors (Lipinski definition) is 2. The lowest BCUT2D eigenvalue weighted by molar-refractivity contribution is 0.442. The highest BCUT2D eigenvalue weighted by molar-refractivity contribution is 5.50. The topological polar surface area (TPSA) is 92.3 Å². The van der Waals surface area contributed by atoms with Gasteiger partial charge in [-0.25, -0.2) is 9.78 Å². The maximum absolute atomic E-state index is 10.6. The number of aromatic hydroxyl groups is 1. The molecule has 0 unspecified atom stereocenters. The van der Waals surface area contributed by atoms with E-state index in [1.54, 1.807) is 0 Å². The average molecular weight is 168 g/mol. The molecule has 62 valence electrons. The molecule has 0 saturated carbocycles. The first-order valence-electron chi connectivity index (χ1n) is 3.09. The first kappa shape index (κ1) is 6.71. The van der Waals surface area contributed by atoms with Crippen molar-refractivity contribution in [1.82, 2.24) is 9.97 Å². The number of nitrogens with zero attached hydrogens (tertiary/aromatic N) is 1. The van der Waals surface area contributed by atoms with E-state index in [2.05, 4.69) is 9.40 Å². The molecule has 0 bridgehead atoms. The Morgan fingerprint density at radius 3 is 2.92 bits per heavy atom. The van der Waals surface area contributed by atoms with Crippen molar-refractivity contribution in [2.24, 2.45) is 0 Å². The number of hydrogen-bond acceptors (Lipinski definition) is 5. The van der Waals surface area contributed by atoms with E-state index in [0.717, 1.165) is 0 Å². The molecule has 12 heavy (non-hydrogen) atoms. The van der Waals surface area contributed by atoms with Crippen molar-refractivity contribution in [3.8, 4) is 17.5 Å². The smallest absolute Gasteiger partial charge is 0.419 e. The molecule has 0 radical (unpaired) electrons. The molecule has 0 atom stereocenters.